The number of ether oxygens (including phenoxy) is 3. The van der Waals surface area contributed by atoms with Crippen LogP contribution in [0.25, 0.3) is 0 Å². The van der Waals surface area contributed by atoms with Crippen molar-refractivity contribution in [3.63, 3.8) is 0 Å². The molecule has 49 heavy (non-hydrogen) atoms. The maximum atomic E-state index is 14.0. The zero-order chi connectivity index (χ0) is 34.8. The van der Waals surface area contributed by atoms with Crippen molar-refractivity contribution in [1.29, 1.82) is 0 Å². The van der Waals surface area contributed by atoms with Gasteiger partial charge in [-0.25, -0.2) is 8.42 Å². The van der Waals surface area contributed by atoms with E-state index in [4.69, 9.17) is 37.4 Å². The third kappa shape index (κ3) is 9.74. The number of hydrogen-bond acceptors (Lipinski definition) is 7. The summed E-state index contributed by atoms with van der Waals surface area (Å²) in [6.45, 7) is 1.08. The van der Waals surface area contributed by atoms with E-state index in [9.17, 15) is 18.0 Å². The number of benzene rings is 4. The zero-order valence-electron chi connectivity index (χ0n) is 26.9. The number of carbonyl (C=O) groups is 2. The van der Waals surface area contributed by atoms with Gasteiger partial charge in [-0.2, -0.15) is 4.31 Å². The molecule has 0 bridgehead atoms. The van der Waals surface area contributed by atoms with E-state index in [1.807, 2.05) is 42.5 Å². The Morgan fingerprint density at radius 2 is 1.57 bits per heavy atom. The summed E-state index contributed by atoms with van der Waals surface area (Å²) in [5, 5.41) is 3.84. The summed E-state index contributed by atoms with van der Waals surface area (Å²) in [4.78, 5) is 29.6. The number of halogens is 2. The van der Waals surface area contributed by atoms with Gasteiger partial charge in [-0.05, 0) is 65.2 Å². The minimum absolute atomic E-state index is 0.107. The second-order valence-corrected chi connectivity index (χ2v) is 14.1. The molecule has 1 aliphatic heterocycles. The molecule has 0 spiro atoms. The van der Waals surface area contributed by atoms with Gasteiger partial charge in [0.1, 0.15) is 17.5 Å². The van der Waals surface area contributed by atoms with Gasteiger partial charge >= 0.3 is 0 Å². The molecular formula is C36H37Cl2N3O7S. The molecule has 2 amide bonds. The lowest BCUT2D eigenvalue weighted by Crippen LogP contribution is -2.51. The van der Waals surface area contributed by atoms with Crippen LogP contribution in [0.5, 0.6) is 11.5 Å². The van der Waals surface area contributed by atoms with Crippen molar-refractivity contribution in [2.45, 2.75) is 30.4 Å². The molecular weight excluding hydrogens is 689 g/mol. The van der Waals surface area contributed by atoms with Crippen LogP contribution >= 0.6 is 23.2 Å². The number of carbonyl (C=O) groups excluding carboxylic acids is 2. The molecule has 13 heteroatoms. The number of methoxy groups -OCH3 is 1. The standard InChI is InChI=1S/C36H37Cl2N3O7S/c1-46-30-11-7-27(8-12-30)24-41(35(42)25-48-31-13-15-32(16-14-31)49(44,45)40-17-19-47-20-18-40)34(21-26-5-3-2-4-6-26)36(43)39-23-28-9-10-29(37)22-33(28)38/h2-16,22,34H,17-21,23-25H2,1H3,(H,39,43). The number of nitrogens with zero attached hydrogens (tertiary/aromatic N) is 2. The van der Waals surface area contributed by atoms with Crippen LogP contribution in [-0.4, -0.2) is 75.5 Å². The average Bonchev–Trinajstić information content (AvgIpc) is 3.12. The summed E-state index contributed by atoms with van der Waals surface area (Å²) in [5.41, 5.74) is 2.31. The van der Waals surface area contributed by atoms with Crippen molar-refractivity contribution in [2.24, 2.45) is 0 Å². The fraction of sp³-hybridized carbons (Fsp3) is 0.278. The molecule has 10 nitrogen and oxygen atoms in total. The van der Waals surface area contributed by atoms with Crippen LogP contribution in [0.2, 0.25) is 10.0 Å². The van der Waals surface area contributed by atoms with Gasteiger partial charge < -0.3 is 24.4 Å². The summed E-state index contributed by atoms with van der Waals surface area (Å²) in [5.74, 6) is 0.137. The van der Waals surface area contributed by atoms with Crippen molar-refractivity contribution in [2.75, 3.05) is 40.0 Å². The van der Waals surface area contributed by atoms with Crippen molar-refractivity contribution >= 4 is 45.0 Å². The highest BCUT2D eigenvalue weighted by atomic mass is 35.5. The highest BCUT2D eigenvalue weighted by molar-refractivity contribution is 7.89. The third-order valence-corrected chi connectivity index (χ3v) is 10.5. The van der Waals surface area contributed by atoms with Gasteiger partial charge in [0.15, 0.2) is 6.61 Å². The fourth-order valence-corrected chi connectivity index (χ4v) is 7.20. The lowest BCUT2D eigenvalue weighted by atomic mass is 10.0. The first kappa shape index (κ1) is 36.2. The molecule has 4 aromatic carbocycles. The van der Waals surface area contributed by atoms with Crippen molar-refractivity contribution in [3.8, 4) is 11.5 Å². The largest absolute Gasteiger partial charge is 0.497 e. The van der Waals surface area contributed by atoms with E-state index < -0.39 is 28.6 Å². The second-order valence-electron chi connectivity index (χ2n) is 11.3. The molecule has 1 heterocycles. The molecule has 258 valence electrons. The van der Waals surface area contributed by atoms with Crippen LogP contribution in [0.4, 0.5) is 0 Å². The lowest BCUT2D eigenvalue weighted by Gasteiger charge is -2.31. The van der Waals surface area contributed by atoms with Crippen LogP contribution < -0.4 is 14.8 Å². The summed E-state index contributed by atoms with van der Waals surface area (Å²) in [6, 6.07) is 26.7. The van der Waals surface area contributed by atoms with Gasteiger partial charge in [0.2, 0.25) is 15.9 Å². The lowest BCUT2D eigenvalue weighted by molar-refractivity contribution is -0.142. The first-order valence-electron chi connectivity index (χ1n) is 15.6. The van der Waals surface area contributed by atoms with Crippen LogP contribution in [0, 0.1) is 0 Å². The Labute approximate surface area is 296 Å². The molecule has 1 aliphatic rings. The van der Waals surface area contributed by atoms with E-state index in [0.29, 0.717) is 40.3 Å². The Kier molecular flexibility index (Phi) is 12.5. The summed E-state index contributed by atoms with van der Waals surface area (Å²) in [7, 11) is -2.12. The molecule has 1 unspecified atom stereocenters. The second kappa shape index (κ2) is 17.0. The fourth-order valence-electron chi connectivity index (χ4n) is 5.32. The molecule has 4 aromatic rings. The van der Waals surface area contributed by atoms with Gasteiger partial charge in [0.25, 0.3) is 5.91 Å². The summed E-state index contributed by atoms with van der Waals surface area (Å²) < 4.78 is 43.9. The third-order valence-electron chi connectivity index (χ3n) is 8.05. The smallest absolute Gasteiger partial charge is 0.261 e. The summed E-state index contributed by atoms with van der Waals surface area (Å²) in [6.07, 6.45) is 0.233. The quantitative estimate of drug-likeness (QED) is 0.186. The summed E-state index contributed by atoms with van der Waals surface area (Å²) >= 11 is 12.4. The highest BCUT2D eigenvalue weighted by Gasteiger charge is 2.31. The number of hydrogen-bond donors (Lipinski definition) is 1. The Balaban J connectivity index is 1.37. The average molecular weight is 727 g/mol. The van der Waals surface area contributed by atoms with Gasteiger partial charge in [-0.3, -0.25) is 9.59 Å². The first-order valence-corrected chi connectivity index (χ1v) is 17.8. The Hall–Kier alpha value is -4.13. The number of rotatable bonds is 14. The molecule has 0 aliphatic carbocycles. The Bertz CT molecular complexity index is 1820. The zero-order valence-corrected chi connectivity index (χ0v) is 29.2. The molecule has 1 fully saturated rings. The van der Waals surface area contributed by atoms with Crippen molar-refractivity contribution in [3.05, 3.63) is 124 Å². The highest BCUT2D eigenvalue weighted by Crippen LogP contribution is 2.23. The van der Waals surface area contributed by atoms with E-state index in [0.717, 1.165) is 11.1 Å². The molecule has 5 rings (SSSR count). The maximum Gasteiger partial charge on any atom is 0.261 e. The van der Waals surface area contributed by atoms with Crippen molar-refractivity contribution in [1.82, 2.24) is 14.5 Å². The van der Waals surface area contributed by atoms with Gasteiger partial charge in [0, 0.05) is 42.6 Å². The monoisotopic (exact) mass is 725 g/mol. The van der Waals surface area contributed by atoms with E-state index >= 15 is 0 Å². The SMILES string of the molecule is COc1ccc(CN(C(=O)COc2ccc(S(=O)(=O)N3CCOCC3)cc2)C(Cc2ccccc2)C(=O)NCc2ccc(Cl)cc2Cl)cc1. The van der Waals surface area contributed by atoms with Gasteiger partial charge in [0.05, 0.1) is 25.2 Å². The van der Waals surface area contributed by atoms with Gasteiger partial charge in [-0.15, -0.1) is 0 Å². The van der Waals surface area contributed by atoms with Crippen LogP contribution in [0.15, 0.2) is 102 Å². The van der Waals surface area contributed by atoms with E-state index in [-0.39, 0.29) is 43.4 Å². The van der Waals surface area contributed by atoms with E-state index in [1.54, 1.807) is 37.4 Å². The molecule has 1 N–H and O–H groups in total. The molecule has 0 saturated carbocycles. The minimum Gasteiger partial charge on any atom is -0.497 e. The van der Waals surface area contributed by atoms with Crippen LogP contribution in [0.3, 0.4) is 0 Å². The first-order chi connectivity index (χ1) is 23.6. The normalized spacial score (nSPS) is 14.1. The number of amides is 2. The van der Waals surface area contributed by atoms with Crippen LogP contribution in [-0.2, 0) is 43.9 Å². The maximum absolute atomic E-state index is 14.0. The number of sulfonamides is 1. The molecule has 0 aromatic heterocycles. The van der Waals surface area contributed by atoms with Gasteiger partial charge in [-0.1, -0.05) is 71.7 Å². The van der Waals surface area contributed by atoms with Crippen molar-refractivity contribution < 1.29 is 32.2 Å². The topological polar surface area (TPSA) is 114 Å². The molecule has 1 atom stereocenters. The predicted octanol–water partition coefficient (Wildman–Crippen LogP) is 5.36. The molecule has 1 saturated heterocycles. The van der Waals surface area contributed by atoms with E-state index in [2.05, 4.69) is 5.32 Å². The Morgan fingerprint density at radius 1 is 0.898 bits per heavy atom. The van der Waals surface area contributed by atoms with Crippen LogP contribution in [0.1, 0.15) is 16.7 Å². The number of nitrogens with one attached hydrogen (secondary N) is 1. The predicted molar refractivity (Wildman–Crippen MR) is 187 cm³/mol. The number of morpholine rings is 1. The molecule has 0 radical (unpaired) electrons. The minimum atomic E-state index is -3.69. The Morgan fingerprint density at radius 3 is 2.22 bits per heavy atom. The van der Waals surface area contributed by atoms with E-state index in [1.165, 1.54) is 33.5 Å².